The molecule has 0 aliphatic carbocycles. The summed E-state index contributed by atoms with van der Waals surface area (Å²) < 4.78 is 16.3. The van der Waals surface area contributed by atoms with E-state index in [1.54, 1.807) is 0 Å². The summed E-state index contributed by atoms with van der Waals surface area (Å²) in [4.78, 5) is 0. The van der Waals surface area contributed by atoms with Crippen LogP contribution in [0.5, 0.6) is 17.2 Å². The second-order valence-electron chi connectivity index (χ2n) is 7.68. The lowest BCUT2D eigenvalue weighted by Crippen LogP contribution is -2.07. The zero-order valence-electron chi connectivity index (χ0n) is 17.5. The van der Waals surface area contributed by atoms with Crippen LogP contribution < -0.4 is 14.2 Å². The van der Waals surface area contributed by atoms with Gasteiger partial charge in [0, 0.05) is 6.42 Å². The summed E-state index contributed by atoms with van der Waals surface area (Å²) in [5.41, 5.74) is 4.07. The van der Waals surface area contributed by atoms with Crippen molar-refractivity contribution in [1.82, 2.24) is 0 Å². The molecule has 6 rings (SSSR count). The highest BCUT2D eigenvalue weighted by Crippen LogP contribution is 2.24. The first-order chi connectivity index (χ1) is 14.9. The molecular formula is C27H30O3. The number of para-hydroxylation sites is 3. The minimum atomic E-state index is 0.860. The molecule has 3 aliphatic rings. The highest BCUT2D eigenvalue weighted by atomic mass is 16.5. The molecule has 3 heterocycles. The maximum absolute atomic E-state index is 5.55. The van der Waals surface area contributed by atoms with Crippen LogP contribution in [0.1, 0.15) is 36.0 Å². The third-order valence-electron chi connectivity index (χ3n) is 5.49. The van der Waals surface area contributed by atoms with Crippen LogP contribution in [0.15, 0.2) is 72.8 Å². The first kappa shape index (κ1) is 20.3. The molecule has 0 saturated carbocycles. The average molecular weight is 403 g/mol. The molecule has 0 fully saturated rings. The molecule has 0 radical (unpaired) electrons. The van der Waals surface area contributed by atoms with Gasteiger partial charge in [0.2, 0.25) is 0 Å². The number of hydrogen-bond acceptors (Lipinski definition) is 3. The lowest BCUT2D eigenvalue weighted by molar-refractivity contribution is 0.288. The van der Waals surface area contributed by atoms with Gasteiger partial charge in [-0.05, 0) is 67.0 Å². The first-order valence-corrected chi connectivity index (χ1v) is 11.0. The lowest BCUT2D eigenvalue weighted by Gasteiger charge is -2.15. The fourth-order valence-corrected chi connectivity index (χ4v) is 3.87. The Balaban J connectivity index is 0.000000109. The Labute approximate surface area is 179 Å². The molecule has 0 bridgehead atoms. The molecule has 3 heteroatoms. The van der Waals surface area contributed by atoms with Crippen LogP contribution in [0.25, 0.3) is 0 Å². The molecule has 0 aromatic heterocycles. The van der Waals surface area contributed by atoms with Crippen LogP contribution >= 0.6 is 0 Å². The van der Waals surface area contributed by atoms with Crippen LogP contribution in [0, 0.1) is 0 Å². The van der Waals surface area contributed by atoms with Crippen molar-refractivity contribution in [1.29, 1.82) is 0 Å². The molecule has 30 heavy (non-hydrogen) atoms. The van der Waals surface area contributed by atoms with E-state index in [0.717, 1.165) is 49.9 Å². The van der Waals surface area contributed by atoms with E-state index in [1.165, 1.54) is 42.4 Å². The van der Waals surface area contributed by atoms with Crippen molar-refractivity contribution in [3.05, 3.63) is 89.5 Å². The highest BCUT2D eigenvalue weighted by molar-refractivity contribution is 5.36. The minimum absolute atomic E-state index is 0.860. The second kappa shape index (κ2) is 10.7. The van der Waals surface area contributed by atoms with Crippen molar-refractivity contribution in [2.75, 3.05) is 19.8 Å². The van der Waals surface area contributed by atoms with Gasteiger partial charge in [0.15, 0.2) is 0 Å². The van der Waals surface area contributed by atoms with Gasteiger partial charge in [-0.25, -0.2) is 0 Å². The van der Waals surface area contributed by atoms with Gasteiger partial charge in [0.05, 0.1) is 19.8 Å². The van der Waals surface area contributed by atoms with Gasteiger partial charge in [-0.3, -0.25) is 0 Å². The normalized spacial score (nSPS) is 15.6. The number of fused-ring (bicyclic) bond motifs is 3. The first-order valence-electron chi connectivity index (χ1n) is 11.0. The summed E-state index contributed by atoms with van der Waals surface area (Å²) in [6.45, 7) is 2.63. The second-order valence-corrected chi connectivity index (χ2v) is 7.68. The van der Waals surface area contributed by atoms with E-state index < -0.39 is 0 Å². The molecule has 0 unspecified atom stereocenters. The quantitative estimate of drug-likeness (QED) is 0.459. The van der Waals surface area contributed by atoms with E-state index in [4.69, 9.17) is 14.2 Å². The molecule has 156 valence electrons. The van der Waals surface area contributed by atoms with Gasteiger partial charge in [0.1, 0.15) is 17.2 Å². The van der Waals surface area contributed by atoms with Crippen molar-refractivity contribution < 1.29 is 14.2 Å². The molecule has 3 aromatic carbocycles. The third kappa shape index (κ3) is 5.56. The van der Waals surface area contributed by atoms with E-state index in [0.29, 0.717) is 0 Å². The highest BCUT2D eigenvalue weighted by Gasteiger charge is 2.09. The fourth-order valence-electron chi connectivity index (χ4n) is 3.87. The molecule has 0 saturated heterocycles. The molecule has 0 spiro atoms. The molecular weight excluding hydrogens is 372 g/mol. The van der Waals surface area contributed by atoms with Gasteiger partial charge in [-0.15, -0.1) is 0 Å². The lowest BCUT2D eigenvalue weighted by atomic mass is 10.1. The van der Waals surface area contributed by atoms with Crippen LogP contribution in [0.2, 0.25) is 0 Å². The maximum Gasteiger partial charge on any atom is 0.122 e. The Kier molecular flexibility index (Phi) is 7.27. The van der Waals surface area contributed by atoms with E-state index in [9.17, 15) is 0 Å². The zero-order valence-corrected chi connectivity index (χ0v) is 17.5. The maximum atomic E-state index is 5.55. The predicted octanol–water partition coefficient (Wildman–Crippen LogP) is 6.03. The van der Waals surface area contributed by atoms with Gasteiger partial charge in [0.25, 0.3) is 0 Å². The van der Waals surface area contributed by atoms with Crippen molar-refractivity contribution in [3.63, 3.8) is 0 Å². The SMILES string of the molecule is c1ccc2c(c1)CCCCO2.c1ccc2c(c1)CCCO2.c1ccc2c(c1)CCO2. The molecule has 0 atom stereocenters. The molecule has 0 amide bonds. The van der Waals surface area contributed by atoms with Crippen LogP contribution in [0.4, 0.5) is 0 Å². The van der Waals surface area contributed by atoms with Gasteiger partial charge in [-0.2, -0.15) is 0 Å². The van der Waals surface area contributed by atoms with E-state index in [2.05, 4.69) is 36.4 Å². The summed E-state index contributed by atoms with van der Waals surface area (Å²) >= 11 is 0. The number of rotatable bonds is 0. The summed E-state index contributed by atoms with van der Waals surface area (Å²) in [6, 6.07) is 24.8. The Morgan fingerprint density at radius 2 is 0.833 bits per heavy atom. The predicted molar refractivity (Wildman–Crippen MR) is 121 cm³/mol. The Hall–Kier alpha value is -2.94. The summed E-state index contributed by atoms with van der Waals surface area (Å²) in [5, 5.41) is 0. The van der Waals surface area contributed by atoms with Crippen molar-refractivity contribution in [3.8, 4) is 17.2 Å². The van der Waals surface area contributed by atoms with Crippen molar-refractivity contribution in [2.24, 2.45) is 0 Å². The monoisotopic (exact) mass is 402 g/mol. The Bertz CT molecular complexity index is 862. The van der Waals surface area contributed by atoms with Crippen LogP contribution in [-0.2, 0) is 19.3 Å². The van der Waals surface area contributed by atoms with Gasteiger partial charge in [-0.1, -0.05) is 54.6 Å². The smallest absolute Gasteiger partial charge is 0.122 e. The van der Waals surface area contributed by atoms with Gasteiger partial charge < -0.3 is 14.2 Å². The van der Waals surface area contributed by atoms with Crippen LogP contribution in [-0.4, -0.2) is 19.8 Å². The molecule has 3 aliphatic heterocycles. The number of ether oxygens (including phenoxy) is 3. The Morgan fingerprint density at radius 1 is 0.400 bits per heavy atom. The summed E-state index contributed by atoms with van der Waals surface area (Å²) in [7, 11) is 0. The standard InChI is InChI=1S/C10H12O.C9H10O.C8H8O/c1-2-7-10-9(5-1)6-3-4-8-11-10;1-2-6-9-8(4-1)5-3-7-10-9;1-2-4-8-7(3-1)5-6-9-8/h1-2,5,7H,3-4,6,8H2;1-2,4,6H,3,5,7H2;1-4H,5-6H2. The third-order valence-corrected chi connectivity index (χ3v) is 5.49. The van der Waals surface area contributed by atoms with E-state index >= 15 is 0 Å². The number of hydrogen-bond donors (Lipinski definition) is 0. The summed E-state index contributed by atoms with van der Waals surface area (Å²) in [5.74, 6) is 3.23. The summed E-state index contributed by atoms with van der Waals surface area (Å²) in [6.07, 6.45) is 7.05. The Morgan fingerprint density at radius 3 is 1.40 bits per heavy atom. The molecule has 3 aromatic rings. The average Bonchev–Trinajstić information content (AvgIpc) is 3.17. The van der Waals surface area contributed by atoms with Crippen molar-refractivity contribution in [2.45, 2.75) is 38.5 Å². The fraction of sp³-hybridized carbons (Fsp3) is 0.333. The van der Waals surface area contributed by atoms with Gasteiger partial charge >= 0.3 is 0 Å². The number of aryl methyl sites for hydroxylation is 2. The zero-order chi connectivity index (χ0) is 20.4. The van der Waals surface area contributed by atoms with Crippen molar-refractivity contribution >= 4 is 0 Å². The van der Waals surface area contributed by atoms with E-state index in [-0.39, 0.29) is 0 Å². The van der Waals surface area contributed by atoms with Crippen LogP contribution in [0.3, 0.4) is 0 Å². The largest absolute Gasteiger partial charge is 0.493 e. The molecule has 3 nitrogen and oxygen atoms in total. The minimum Gasteiger partial charge on any atom is -0.493 e. The number of benzene rings is 3. The van der Waals surface area contributed by atoms with E-state index in [1.807, 2.05) is 36.4 Å². The molecule has 0 N–H and O–H groups in total. The topological polar surface area (TPSA) is 27.7 Å².